The molecule has 1 aliphatic heterocycles. The normalized spacial score (nSPS) is 38.0. The van der Waals surface area contributed by atoms with Crippen molar-refractivity contribution >= 4 is 11.8 Å². The number of ether oxygens (including phenoxy) is 1. The quantitative estimate of drug-likeness (QED) is 0.723. The van der Waals surface area contributed by atoms with Crippen LogP contribution < -0.4 is 0 Å². The molecule has 0 aromatic heterocycles. The SMILES string of the molecule is CC1O[C@@H](Sc2ccccc2)C(O)[C@H](O)[C@@H]1O. The minimum Gasteiger partial charge on any atom is -0.388 e. The standard InChI is InChI=1S/C12H16O4S/c1-7-9(13)10(14)11(15)12(16-7)17-8-5-3-2-4-6-8/h2-7,9-15H,1H3/t7?,9-,10-,11?,12+/m1/s1. The van der Waals surface area contributed by atoms with Crippen LogP contribution in [0.2, 0.25) is 0 Å². The first-order valence-electron chi connectivity index (χ1n) is 5.51. The second-order valence-electron chi connectivity index (χ2n) is 4.11. The summed E-state index contributed by atoms with van der Waals surface area (Å²) < 4.78 is 5.49. The van der Waals surface area contributed by atoms with Gasteiger partial charge in [0.25, 0.3) is 0 Å². The van der Waals surface area contributed by atoms with Gasteiger partial charge in [0.2, 0.25) is 0 Å². The number of hydrogen-bond donors (Lipinski definition) is 3. The lowest BCUT2D eigenvalue weighted by atomic mass is 10.0. The molecule has 2 rings (SSSR count). The minimum absolute atomic E-state index is 0.491. The Labute approximate surface area is 104 Å². The topological polar surface area (TPSA) is 69.9 Å². The van der Waals surface area contributed by atoms with E-state index in [0.29, 0.717) is 0 Å². The van der Waals surface area contributed by atoms with Crippen LogP contribution >= 0.6 is 11.8 Å². The van der Waals surface area contributed by atoms with E-state index in [1.165, 1.54) is 11.8 Å². The molecule has 0 saturated carbocycles. The minimum atomic E-state index is -1.17. The van der Waals surface area contributed by atoms with E-state index in [-0.39, 0.29) is 0 Å². The summed E-state index contributed by atoms with van der Waals surface area (Å²) in [4.78, 5) is 0.951. The van der Waals surface area contributed by atoms with Crippen LogP contribution in [0.15, 0.2) is 35.2 Å². The van der Waals surface area contributed by atoms with Gasteiger partial charge < -0.3 is 20.1 Å². The van der Waals surface area contributed by atoms with Crippen LogP contribution in [0.4, 0.5) is 0 Å². The van der Waals surface area contributed by atoms with Gasteiger partial charge in [0.1, 0.15) is 23.7 Å². The molecule has 0 radical (unpaired) electrons. The molecule has 3 N–H and O–H groups in total. The zero-order valence-corrected chi connectivity index (χ0v) is 10.2. The van der Waals surface area contributed by atoms with Crippen molar-refractivity contribution in [3.8, 4) is 0 Å². The van der Waals surface area contributed by atoms with Gasteiger partial charge in [-0.1, -0.05) is 30.0 Å². The molecule has 4 nitrogen and oxygen atoms in total. The first-order valence-corrected chi connectivity index (χ1v) is 6.39. The van der Waals surface area contributed by atoms with Gasteiger partial charge in [-0.25, -0.2) is 0 Å². The molecule has 1 saturated heterocycles. The Morgan fingerprint density at radius 3 is 2.29 bits per heavy atom. The number of benzene rings is 1. The third-order valence-electron chi connectivity index (χ3n) is 2.80. The summed E-state index contributed by atoms with van der Waals surface area (Å²) >= 11 is 1.34. The molecular formula is C12H16O4S. The lowest BCUT2D eigenvalue weighted by Gasteiger charge is -2.38. The monoisotopic (exact) mass is 256 g/mol. The van der Waals surface area contributed by atoms with Gasteiger partial charge >= 0.3 is 0 Å². The van der Waals surface area contributed by atoms with Gasteiger partial charge in [0.15, 0.2) is 0 Å². The molecule has 1 fully saturated rings. The Hall–Kier alpha value is -0.590. The van der Waals surface area contributed by atoms with Gasteiger partial charge in [0.05, 0.1) is 6.10 Å². The number of hydrogen-bond acceptors (Lipinski definition) is 5. The first-order chi connectivity index (χ1) is 8.09. The molecule has 1 aromatic rings. The zero-order chi connectivity index (χ0) is 12.4. The highest BCUT2D eigenvalue weighted by Gasteiger charge is 2.42. The Morgan fingerprint density at radius 1 is 1.00 bits per heavy atom. The van der Waals surface area contributed by atoms with E-state index in [0.717, 1.165) is 4.90 Å². The van der Waals surface area contributed by atoms with E-state index in [4.69, 9.17) is 4.74 Å². The summed E-state index contributed by atoms with van der Waals surface area (Å²) in [6.45, 7) is 1.68. The van der Waals surface area contributed by atoms with E-state index in [9.17, 15) is 15.3 Å². The molecule has 94 valence electrons. The van der Waals surface area contributed by atoms with E-state index in [2.05, 4.69) is 0 Å². The smallest absolute Gasteiger partial charge is 0.136 e. The van der Waals surface area contributed by atoms with Crippen LogP contribution in [-0.4, -0.2) is 45.2 Å². The third-order valence-corrected chi connectivity index (χ3v) is 3.97. The van der Waals surface area contributed by atoms with Crippen molar-refractivity contribution in [1.82, 2.24) is 0 Å². The van der Waals surface area contributed by atoms with Crippen molar-refractivity contribution in [3.05, 3.63) is 30.3 Å². The van der Waals surface area contributed by atoms with Crippen LogP contribution in [0.25, 0.3) is 0 Å². The number of aliphatic hydroxyl groups is 3. The van der Waals surface area contributed by atoms with E-state index >= 15 is 0 Å². The number of thioether (sulfide) groups is 1. The molecule has 5 atom stereocenters. The predicted molar refractivity (Wildman–Crippen MR) is 64.7 cm³/mol. The van der Waals surface area contributed by atoms with E-state index < -0.39 is 29.9 Å². The lowest BCUT2D eigenvalue weighted by molar-refractivity contribution is -0.192. The fraction of sp³-hybridized carbons (Fsp3) is 0.500. The highest BCUT2D eigenvalue weighted by Crippen LogP contribution is 2.32. The molecule has 2 unspecified atom stereocenters. The predicted octanol–water partition coefficient (Wildman–Crippen LogP) is 0.606. The van der Waals surface area contributed by atoms with Gasteiger partial charge in [-0.15, -0.1) is 0 Å². The highest BCUT2D eigenvalue weighted by atomic mass is 32.2. The molecule has 0 aliphatic carbocycles. The maximum Gasteiger partial charge on any atom is 0.136 e. The molecule has 1 heterocycles. The molecule has 1 aromatic carbocycles. The molecule has 0 spiro atoms. The van der Waals surface area contributed by atoms with Crippen molar-refractivity contribution in [2.24, 2.45) is 0 Å². The Morgan fingerprint density at radius 2 is 1.65 bits per heavy atom. The number of rotatable bonds is 2. The van der Waals surface area contributed by atoms with Gasteiger partial charge in [-0.2, -0.15) is 0 Å². The zero-order valence-electron chi connectivity index (χ0n) is 9.43. The van der Waals surface area contributed by atoms with Crippen LogP contribution in [-0.2, 0) is 4.74 Å². The van der Waals surface area contributed by atoms with Crippen molar-refractivity contribution in [3.63, 3.8) is 0 Å². The summed E-state index contributed by atoms with van der Waals surface area (Å²) in [6, 6.07) is 9.51. The number of aliphatic hydroxyl groups excluding tert-OH is 3. The Kier molecular flexibility index (Phi) is 4.06. The summed E-state index contributed by atoms with van der Waals surface area (Å²) in [5.74, 6) is 0. The maximum atomic E-state index is 9.83. The maximum absolute atomic E-state index is 9.83. The molecule has 0 amide bonds. The highest BCUT2D eigenvalue weighted by molar-refractivity contribution is 7.99. The van der Waals surface area contributed by atoms with Gasteiger partial charge in [-0.05, 0) is 19.1 Å². The van der Waals surface area contributed by atoms with Crippen molar-refractivity contribution < 1.29 is 20.1 Å². The van der Waals surface area contributed by atoms with E-state index in [1.807, 2.05) is 30.3 Å². The van der Waals surface area contributed by atoms with E-state index in [1.54, 1.807) is 6.92 Å². The van der Waals surface area contributed by atoms with Crippen molar-refractivity contribution in [2.45, 2.75) is 41.7 Å². The molecule has 0 bridgehead atoms. The van der Waals surface area contributed by atoms with Crippen LogP contribution in [0.1, 0.15) is 6.92 Å². The van der Waals surface area contributed by atoms with Crippen LogP contribution in [0.5, 0.6) is 0 Å². The first kappa shape index (κ1) is 12.9. The average molecular weight is 256 g/mol. The molecular weight excluding hydrogens is 240 g/mol. The van der Waals surface area contributed by atoms with Crippen molar-refractivity contribution in [1.29, 1.82) is 0 Å². The summed E-state index contributed by atoms with van der Waals surface area (Å²) in [7, 11) is 0. The summed E-state index contributed by atoms with van der Waals surface area (Å²) in [5.41, 5.74) is -0.564. The van der Waals surface area contributed by atoms with Gasteiger partial charge in [0, 0.05) is 4.90 Å². The lowest BCUT2D eigenvalue weighted by Crippen LogP contribution is -2.55. The Bertz CT molecular complexity index is 359. The van der Waals surface area contributed by atoms with Gasteiger partial charge in [-0.3, -0.25) is 0 Å². The van der Waals surface area contributed by atoms with Crippen molar-refractivity contribution in [2.75, 3.05) is 0 Å². The molecule has 1 aliphatic rings. The fourth-order valence-corrected chi connectivity index (χ4v) is 2.86. The fourth-order valence-electron chi connectivity index (χ4n) is 1.74. The van der Waals surface area contributed by atoms with Crippen LogP contribution in [0.3, 0.4) is 0 Å². The second-order valence-corrected chi connectivity index (χ2v) is 5.28. The Balaban J connectivity index is 2.06. The molecule has 5 heteroatoms. The largest absolute Gasteiger partial charge is 0.388 e. The summed E-state index contributed by atoms with van der Waals surface area (Å²) in [5, 5.41) is 29.1. The average Bonchev–Trinajstić information content (AvgIpc) is 2.35. The van der Waals surface area contributed by atoms with Crippen LogP contribution in [0, 0.1) is 0 Å². The third kappa shape index (κ3) is 2.81. The molecule has 17 heavy (non-hydrogen) atoms. The summed E-state index contributed by atoms with van der Waals surface area (Å²) in [6.07, 6.45) is -3.79. The second kappa shape index (κ2) is 5.37.